The summed E-state index contributed by atoms with van der Waals surface area (Å²) in [6, 6.07) is 6.55. The van der Waals surface area contributed by atoms with E-state index >= 15 is 0 Å². The largest absolute Gasteiger partial charge is 0.392 e. The smallest absolute Gasteiger partial charge is 0.0954 e. The van der Waals surface area contributed by atoms with Crippen LogP contribution < -0.4 is 0 Å². The normalized spacial score (nSPS) is 28.9. The molecule has 5 rings (SSSR count). The number of aliphatic hydroxyl groups is 1. The van der Waals surface area contributed by atoms with E-state index in [1.54, 1.807) is 0 Å². The van der Waals surface area contributed by atoms with Gasteiger partial charge in [-0.2, -0.15) is 0 Å². The van der Waals surface area contributed by atoms with Crippen molar-refractivity contribution in [3.63, 3.8) is 0 Å². The first-order valence-corrected chi connectivity index (χ1v) is 7.09. The van der Waals surface area contributed by atoms with Gasteiger partial charge in [-0.1, -0.05) is 18.2 Å². The number of imidazole rings is 1. The Balaban J connectivity index is 1.67. The van der Waals surface area contributed by atoms with Gasteiger partial charge in [0.2, 0.25) is 0 Å². The molecule has 2 atom stereocenters. The van der Waals surface area contributed by atoms with Crippen molar-refractivity contribution in [1.82, 2.24) is 9.55 Å². The molecule has 0 amide bonds. The Morgan fingerprint density at radius 1 is 1.32 bits per heavy atom. The van der Waals surface area contributed by atoms with Gasteiger partial charge in [-0.15, -0.1) is 0 Å². The van der Waals surface area contributed by atoms with Crippen molar-refractivity contribution >= 4 is 0 Å². The maximum atomic E-state index is 10.2. The number of nitrogens with zero attached hydrogens (tertiary/aromatic N) is 2. The van der Waals surface area contributed by atoms with E-state index in [9.17, 15) is 5.11 Å². The van der Waals surface area contributed by atoms with Gasteiger partial charge in [0.15, 0.2) is 0 Å². The van der Waals surface area contributed by atoms with Crippen molar-refractivity contribution < 1.29 is 5.11 Å². The monoisotopic (exact) mass is 252 g/mol. The predicted molar refractivity (Wildman–Crippen MR) is 71.8 cm³/mol. The predicted octanol–water partition coefficient (Wildman–Crippen LogP) is 2.54. The van der Waals surface area contributed by atoms with Crippen LogP contribution in [0.3, 0.4) is 0 Å². The minimum atomic E-state index is -0.132. The lowest BCUT2D eigenvalue weighted by Gasteiger charge is -2.44. The highest BCUT2D eigenvalue weighted by Crippen LogP contribution is 2.69. The Bertz CT molecular complexity index is 684. The summed E-state index contributed by atoms with van der Waals surface area (Å²) in [5.74, 6) is 0.375. The molecule has 1 aliphatic heterocycles. The van der Waals surface area contributed by atoms with Gasteiger partial charge in [0.25, 0.3) is 0 Å². The lowest BCUT2D eigenvalue weighted by molar-refractivity contribution is -0.00376. The maximum absolute atomic E-state index is 10.2. The molecule has 3 heteroatoms. The summed E-state index contributed by atoms with van der Waals surface area (Å²) in [4.78, 5) is 4.22. The second kappa shape index (κ2) is 3.10. The zero-order valence-electron chi connectivity index (χ0n) is 10.7. The lowest BCUT2D eigenvalue weighted by Crippen LogP contribution is -2.41. The number of aliphatic hydroxyl groups excluding tert-OH is 1. The number of benzene rings is 1. The van der Waals surface area contributed by atoms with Crippen LogP contribution in [0.2, 0.25) is 0 Å². The fourth-order valence-corrected chi connectivity index (χ4v) is 4.28. The number of aromatic nitrogens is 2. The molecule has 2 saturated carbocycles. The van der Waals surface area contributed by atoms with Crippen molar-refractivity contribution in [1.29, 1.82) is 0 Å². The summed E-state index contributed by atoms with van der Waals surface area (Å²) in [6.07, 6.45) is 7.32. The van der Waals surface area contributed by atoms with E-state index in [0.29, 0.717) is 11.3 Å². The molecule has 19 heavy (non-hydrogen) atoms. The van der Waals surface area contributed by atoms with Crippen molar-refractivity contribution in [3.8, 4) is 11.3 Å². The van der Waals surface area contributed by atoms with Crippen molar-refractivity contribution in [3.05, 3.63) is 41.9 Å². The topological polar surface area (TPSA) is 38.0 Å². The zero-order valence-corrected chi connectivity index (χ0v) is 10.7. The third-order valence-electron chi connectivity index (χ3n) is 5.42. The average Bonchev–Trinajstić information content (AvgIpc) is 2.91. The third kappa shape index (κ3) is 1.15. The van der Waals surface area contributed by atoms with Crippen LogP contribution >= 0.6 is 0 Å². The summed E-state index contributed by atoms with van der Waals surface area (Å²) in [6.45, 7) is 0.917. The molecule has 1 aromatic carbocycles. The van der Waals surface area contributed by atoms with E-state index in [0.717, 1.165) is 13.0 Å². The van der Waals surface area contributed by atoms with E-state index in [1.807, 2.05) is 12.5 Å². The van der Waals surface area contributed by atoms with Crippen LogP contribution in [0.25, 0.3) is 11.3 Å². The first kappa shape index (κ1) is 10.2. The average molecular weight is 252 g/mol. The Kier molecular flexibility index (Phi) is 1.67. The van der Waals surface area contributed by atoms with Crippen LogP contribution in [0.4, 0.5) is 0 Å². The number of fused-ring (bicyclic) bond motifs is 3. The van der Waals surface area contributed by atoms with Crippen molar-refractivity contribution in [2.45, 2.75) is 37.8 Å². The molecular weight excluding hydrogens is 236 g/mol. The Morgan fingerprint density at radius 3 is 3.00 bits per heavy atom. The van der Waals surface area contributed by atoms with E-state index in [2.05, 4.69) is 27.8 Å². The lowest BCUT2D eigenvalue weighted by atomic mass is 9.63. The highest BCUT2D eigenvalue weighted by Gasteiger charge is 2.61. The van der Waals surface area contributed by atoms with Crippen LogP contribution in [-0.4, -0.2) is 20.8 Å². The van der Waals surface area contributed by atoms with E-state index in [4.69, 9.17) is 0 Å². The summed E-state index contributed by atoms with van der Waals surface area (Å²) in [5, 5.41) is 10.2. The van der Waals surface area contributed by atoms with Gasteiger partial charge in [-0.3, -0.25) is 0 Å². The molecule has 1 aromatic heterocycles. The van der Waals surface area contributed by atoms with Crippen LogP contribution in [0.5, 0.6) is 0 Å². The van der Waals surface area contributed by atoms with Crippen molar-refractivity contribution in [2.24, 2.45) is 5.41 Å². The van der Waals surface area contributed by atoms with Gasteiger partial charge in [0, 0.05) is 11.5 Å². The highest BCUT2D eigenvalue weighted by atomic mass is 16.3. The fraction of sp³-hybridized carbons (Fsp3) is 0.438. The quantitative estimate of drug-likeness (QED) is 0.722. The molecule has 2 heterocycles. The molecule has 96 valence electrons. The SMILES string of the molecule is O[C@H]1CC2(CC2)[C@@H]1c1cccc2c1Cn1cncc1-2. The molecular formula is C16H16N2O. The second-order valence-corrected chi connectivity index (χ2v) is 6.39. The molecule has 2 fully saturated rings. The second-order valence-electron chi connectivity index (χ2n) is 6.39. The Labute approximate surface area is 111 Å². The standard InChI is InChI=1S/C16H16N2O/c19-14-6-16(4-5-16)15(14)11-3-1-2-10-12(11)8-18-9-17-7-13(10)18/h1-3,7,9,14-15,19H,4-6,8H2/t14-,15+/m0/s1. The van der Waals surface area contributed by atoms with Gasteiger partial charge in [0.05, 0.1) is 30.9 Å². The van der Waals surface area contributed by atoms with Crippen LogP contribution in [-0.2, 0) is 6.54 Å². The van der Waals surface area contributed by atoms with Gasteiger partial charge in [0.1, 0.15) is 0 Å². The molecule has 2 aliphatic carbocycles. The Morgan fingerprint density at radius 2 is 2.21 bits per heavy atom. The Hall–Kier alpha value is -1.61. The first-order valence-electron chi connectivity index (χ1n) is 7.09. The van der Waals surface area contributed by atoms with E-state index in [-0.39, 0.29) is 6.10 Å². The maximum Gasteiger partial charge on any atom is 0.0954 e. The highest BCUT2D eigenvalue weighted by molar-refractivity contribution is 5.70. The molecule has 1 spiro atoms. The van der Waals surface area contributed by atoms with E-state index in [1.165, 1.54) is 35.2 Å². The molecule has 2 aromatic rings. The van der Waals surface area contributed by atoms with Crippen LogP contribution in [0, 0.1) is 5.41 Å². The summed E-state index contributed by atoms with van der Waals surface area (Å²) in [5.41, 5.74) is 5.78. The van der Waals surface area contributed by atoms with Gasteiger partial charge < -0.3 is 9.67 Å². The molecule has 0 radical (unpaired) electrons. The molecule has 0 saturated heterocycles. The number of hydrogen-bond donors (Lipinski definition) is 1. The van der Waals surface area contributed by atoms with Gasteiger partial charge >= 0.3 is 0 Å². The molecule has 0 unspecified atom stereocenters. The fourth-order valence-electron chi connectivity index (χ4n) is 4.28. The molecule has 0 bridgehead atoms. The number of hydrogen-bond acceptors (Lipinski definition) is 2. The van der Waals surface area contributed by atoms with Crippen molar-refractivity contribution in [2.75, 3.05) is 0 Å². The summed E-state index contributed by atoms with van der Waals surface area (Å²) in [7, 11) is 0. The van der Waals surface area contributed by atoms with Crippen LogP contribution in [0.15, 0.2) is 30.7 Å². The minimum Gasteiger partial charge on any atom is -0.392 e. The number of rotatable bonds is 1. The minimum absolute atomic E-state index is 0.132. The molecule has 1 N–H and O–H groups in total. The summed E-state index contributed by atoms with van der Waals surface area (Å²) >= 11 is 0. The van der Waals surface area contributed by atoms with E-state index < -0.39 is 0 Å². The van der Waals surface area contributed by atoms with Crippen LogP contribution in [0.1, 0.15) is 36.3 Å². The molecule has 3 nitrogen and oxygen atoms in total. The van der Waals surface area contributed by atoms with Gasteiger partial charge in [-0.05, 0) is 35.8 Å². The van der Waals surface area contributed by atoms with Gasteiger partial charge in [-0.25, -0.2) is 4.98 Å². The third-order valence-corrected chi connectivity index (χ3v) is 5.42. The zero-order chi connectivity index (χ0) is 12.6. The summed E-state index contributed by atoms with van der Waals surface area (Å²) < 4.78 is 2.21. The molecule has 3 aliphatic rings. The first-order chi connectivity index (χ1) is 9.28.